The second-order valence-electron chi connectivity index (χ2n) is 8.61. The van der Waals surface area contributed by atoms with Gasteiger partial charge in [0.05, 0.1) is 31.2 Å². The summed E-state index contributed by atoms with van der Waals surface area (Å²) < 4.78 is 16.7. The van der Waals surface area contributed by atoms with Gasteiger partial charge in [0.15, 0.2) is 16.9 Å². The van der Waals surface area contributed by atoms with E-state index in [0.29, 0.717) is 46.6 Å². The highest BCUT2D eigenvalue weighted by Gasteiger charge is 2.42. The summed E-state index contributed by atoms with van der Waals surface area (Å²) in [4.78, 5) is 28.8. The molecule has 7 heteroatoms. The van der Waals surface area contributed by atoms with Crippen molar-refractivity contribution in [1.82, 2.24) is 4.90 Å². The summed E-state index contributed by atoms with van der Waals surface area (Å²) in [5.74, 6) is 0.976. The molecule has 4 aromatic rings. The Balaban J connectivity index is 1.59. The zero-order chi connectivity index (χ0) is 24.7. The minimum Gasteiger partial charge on any atom is -0.508 e. The quantitative estimate of drug-likeness (QED) is 0.442. The highest BCUT2D eigenvalue weighted by atomic mass is 16.5. The van der Waals surface area contributed by atoms with Crippen LogP contribution in [0.3, 0.4) is 0 Å². The molecule has 1 aromatic heterocycles. The zero-order valence-electron chi connectivity index (χ0n) is 19.7. The Morgan fingerprint density at radius 2 is 1.77 bits per heavy atom. The zero-order valence-corrected chi connectivity index (χ0v) is 19.7. The van der Waals surface area contributed by atoms with E-state index in [0.717, 1.165) is 11.1 Å². The molecule has 1 N–H and O–H groups in total. The first kappa shape index (κ1) is 22.5. The number of ether oxygens (including phenoxy) is 2. The molecule has 1 amide bonds. The maximum Gasteiger partial charge on any atom is 0.290 e. The van der Waals surface area contributed by atoms with Crippen LogP contribution in [0.1, 0.15) is 38.9 Å². The number of fused-ring (bicyclic) bond motifs is 2. The Bertz CT molecular complexity index is 1510. The van der Waals surface area contributed by atoms with Gasteiger partial charge in [-0.2, -0.15) is 0 Å². The van der Waals surface area contributed by atoms with Crippen LogP contribution < -0.4 is 14.9 Å². The molecule has 5 rings (SSSR count). The van der Waals surface area contributed by atoms with E-state index in [1.165, 1.54) is 0 Å². The van der Waals surface area contributed by atoms with Crippen LogP contribution in [-0.2, 0) is 6.42 Å². The number of rotatable bonds is 6. The van der Waals surface area contributed by atoms with Crippen molar-refractivity contribution in [3.05, 3.63) is 98.9 Å². The number of carbonyl (C=O) groups excluding carboxylic acids is 1. The average Bonchev–Trinajstić information content (AvgIpc) is 3.14. The number of benzene rings is 3. The molecule has 0 bridgehead atoms. The number of aromatic hydroxyl groups is 1. The van der Waals surface area contributed by atoms with E-state index in [1.54, 1.807) is 55.5 Å². The predicted octanol–water partition coefficient (Wildman–Crippen LogP) is 4.61. The molecule has 0 unspecified atom stereocenters. The van der Waals surface area contributed by atoms with Crippen molar-refractivity contribution in [3.8, 4) is 17.2 Å². The van der Waals surface area contributed by atoms with Gasteiger partial charge >= 0.3 is 0 Å². The summed E-state index contributed by atoms with van der Waals surface area (Å²) in [5, 5.41) is 10.6. The summed E-state index contributed by atoms with van der Waals surface area (Å²) in [5.41, 5.74) is 2.95. The number of amides is 1. The van der Waals surface area contributed by atoms with Gasteiger partial charge in [0.25, 0.3) is 5.91 Å². The predicted molar refractivity (Wildman–Crippen MR) is 131 cm³/mol. The van der Waals surface area contributed by atoms with Gasteiger partial charge in [-0.05, 0) is 60.9 Å². The molecule has 1 aliphatic heterocycles. The smallest absolute Gasteiger partial charge is 0.290 e. The van der Waals surface area contributed by atoms with E-state index in [1.807, 2.05) is 31.2 Å². The highest BCUT2D eigenvalue weighted by Crippen LogP contribution is 2.39. The van der Waals surface area contributed by atoms with Gasteiger partial charge in [-0.15, -0.1) is 0 Å². The number of phenols is 1. The van der Waals surface area contributed by atoms with E-state index < -0.39 is 6.04 Å². The number of phenolic OH excluding ortho intramolecular Hbond substituents is 1. The SMILES string of the molecule is COc1ccc(CCN2C(=O)c3oc4ccc(C)cc4c(=O)c3[C@H]2c2cccc(O)c2)cc1OC. The van der Waals surface area contributed by atoms with Gasteiger partial charge in [0.2, 0.25) is 5.76 Å². The van der Waals surface area contributed by atoms with Gasteiger partial charge in [0, 0.05) is 6.54 Å². The highest BCUT2D eigenvalue weighted by molar-refractivity contribution is 5.99. The Morgan fingerprint density at radius 1 is 0.971 bits per heavy atom. The lowest BCUT2D eigenvalue weighted by atomic mass is 9.97. The second kappa shape index (κ2) is 8.83. The van der Waals surface area contributed by atoms with Crippen LogP contribution in [0.4, 0.5) is 0 Å². The fraction of sp³-hybridized carbons (Fsp3) is 0.214. The van der Waals surface area contributed by atoms with Crippen LogP contribution in [0.25, 0.3) is 11.0 Å². The summed E-state index contributed by atoms with van der Waals surface area (Å²) in [6, 6.07) is 16.9. The van der Waals surface area contributed by atoms with Gasteiger partial charge < -0.3 is 23.9 Å². The van der Waals surface area contributed by atoms with Crippen molar-refractivity contribution < 1.29 is 23.8 Å². The van der Waals surface area contributed by atoms with Gasteiger partial charge in [-0.1, -0.05) is 29.8 Å². The summed E-state index contributed by atoms with van der Waals surface area (Å²) >= 11 is 0. The van der Waals surface area contributed by atoms with Crippen molar-refractivity contribution in [2.75, 3.05) is 20.8 Å². The van der Waals surface area contributed by atoms with Gasteiger partial charge in [-0.25, -0.2) is 0 Å². The summed E-state index contributed by atoms with van der Waals surface area (Å²) in [7, 11) is 3.15. The Hall–Kier alpha value is -4.26. The molecule has 7 nitrogen and oxygen atoms in total. The molecule has 0 radical (unpaired) electrons. The van der Waals surface area contributed by atoms with Gasteiger partial charge in [-0.3, -0.25) is 9.59 Å². The maximum absolute atomic E-state index is 13.6. The average molecular weight is 472 g/mol. The molecule has 3 aromatic carbocycles. The lowest BCUT2D eigenvalue weighted by Gasteiger charge is -2.25. The van der Waals surface area contributed by atoms with E-state index in [-0.39, 0.29) is 22.8 Å². The number of hydrogen-bond acceptors (Lipinski definition) is 6. The molecule has 178 valence electrons. The fourth-order valence-electron chi connectivity index (χ4n) is 4.69. The third kappa shape index (κ3) is 3.89. The van der Waals surface area contributed by atoms with Crippen molar-refractivity contribution in [3.63, 3.8) is 0 Å². The first-order chi connectivity index (χ1) is 16.9. The van der Waals surface area contributed by atoms with Crippen molar-refractivity contribution >= 4 is 16.9 Å². The van der Waals surface area contributed by atoms with Crippen LogP contribution in [0.15, 0.2) is 69.9 Å². The molecule has 35 heavy (non-hydrogen) atoms. The Kier molecular flexibility index (Phi) is 5.68. The molecule has 0 spiro atoms. The fourth-order valence-corrected chi connectivity index (χ4v) is 4.69. The topological polar surface area (TPSA) is 89.2 Å². The molecule has 0 fully saturated rings. The molecule has 1 aliphatic rings. The lowest BCUT2D eigenvalue weighted by molar-refractivity contribution is 0.0730. The number of hydrogen-bond donors (Lipinski definition) is 1. The number of nitrogens with zero attached hydrogens (tertiary/aromatic N) is 1. The van der Waals surface area contributed by atoms with Crippen LogP contribution in [0.5, 0.6) is 17.2 Å². The first-order valence-electron chi connectivity index (χ1n) is 11.3. The Labute approximate surface area is 202 Å². The second-order valence-corrected chi connectivity index (χ2v) is 8.61. The molecule has 0 saturated heterocycles. The first-order valence-corrected chi connectivity index (χ1v) is 11.3. The van der Waals surface area contributed by atoms with Crippen LogP contribution >= 0.6 is 0 Å². The lowest BCUT2D eigenvalue weighted by Crippen LogP contribution is -2.31. The summed E-state index contributed by atoms with van der Waals surface area (Å²) in [6.45, 7) is 2.23. The van der Waals surface area contributed by atoms with Crippen molar-refractivity contribution in [2.24, 2.45) is 0 Å². The van der Waals surface area contributed by atoms with Crippen molar-refractivity contribution in [2.45, 2.75) is 19.4 Å². The third-order valence-corrected chi connectivity index (χ3v) is 6.40. The minimum atomic E-state index is -0.675. The minimum absolute atomic E-state index is 0.0482. The number of methoxy groups -OCH3 is 2. The largest absolute Gasteiger partial charge is 0.508 e. The number of carbonyl (C=O) groups is 1. The molecule has 0 saturated carbocycles. The normalized spacial score (nSPS) is 14.9. The van der Waals surface area contributed by atoms with Crippen LogP contribution in [0.2, 0.25) is 0 Å². The van der Waals surface area contributed by atoms with E-state index in [2.05, 4.69) is 0 Å². The molecule has 0 aliphatic carbocycles. The standard InChI is InChI=1S/C28H25NO6/c1-16-7-9-21-20(13-16)26(31)24-25(18-5-4-6-19(30)15-18)29(28(32)27(24)35-21)12-11-17-8-10-22(33-2)23(14-17)34-3/h4-10,13-15,25,30H,11-12H2,1-3H3/t25-/m1/s1. The van der Waals surface area contributed by atoms with Crippen molar-refractivity contribution in [1.29, 1.82) is 0 Å². The number of aryl methyl sites for hydroxylation is 1. The van der Waals surface area contributed by atoms with Gasteiger partial charge in [0.1, 0.15) is 11.3 Å². The molecule has 2 heterocycles. The van der Waals surface area contributed by atoms with Crippen LogP contribution in [0, 0.1) is 6.92 Å². The Morgan fingerprint density at radius 3 is 2.51 bits per heavy atom. The van der Waals surface area contributed by atoms with E-state index in [4.69, 9.17) is 13.9 Å². The molecular formula is C28H25NO6. The van der Waals surface area contributed by atoms with E-state index in [9.17, 15) is 14.7 Å². The third-order valence-electron chi connectivity index (χ3n) is 6.40. The molecule has 1 atom stereocenters. The monoisotopic (exact) mass is 471 g/mol. The summed E-state index contributed by atoms with van der Waals surface area (Å²) in [6.07, 6.45) is 0.516. The van der Waals surface area contributed by atoms with E-state index >= 15 is 0 Å². The molecular weight excluding hydrogens is 446 g/mol. The maximum atomic E-state index is 13.6. The van der Waals surface area contributed by atoms with Crippen LogP contribution in [-0.4, -0.2) is 36.7 Å².